The van der Waals surface area contributed by atoms with Crippen LogP contribution in [0.3, 0.4) is 0 Å². The maximum Gasteiger partial charge on any atom is 0.125 e. The lowest BCUT2D eigenvalue weighted by atomic mass is 10.1. The minimum atomic E-state index is -0.314. The molecule has 0 saturated carbocycles. The molecular formula is C15H17FN2. The van der Waals surface area contributed by atoms with Crippen LogP contribution in [0.15, 0.2) is 42.5 Å². The molecule has 0 unspecified atom stereocenters. The van der Waals surface area contributed by atoms with Crippen molar-refractivity contribution in [3.05, 3.63) is 53.8 Å². The zero-order valence-corrected chi connectivity index (χ0v) is 10.7. The minimum absolute atomic E-state index is 0.314. The monoisotopic (exact) mass is 244 g/mol. The number of nitrogen functional groups attached to an aromatic ring is 1. The largest absolute Gasteiger partial charge is 0.397 e. The summed E-state index contributed by atoms with van der Waals surface area (Å²) in [5, 5.41) is 0. The van der Waals surface area contributed by atoms with Gasteiger partial charge in [-0.05, 0) is 42.3 Å². The molecule has 0 fully saturated rings. The summed E-state index contributed by atoms with van der Waals surface area (Å²) in [6, 6.07) is 12.7. The van der Waals surface area contributed by atoms with Crippen molar-refractivity contribution >= 4 is 17.1 Å². The molecule has 0 amide bonds. The zero-order valence-electron chi connectivity index (χ0n) is 10.7. The number of halogens is 1. The van der Waals surface area contributed by atoms with Gasteiger partial charge in [0.15, 0.2) is 0 Å². The lowest BCUT2D eigenvalue weighted by molar-refractivity contribution is 0.628. The van der Waals surface area contributed by atoms with Crippen molar-refractivity contribution in [2.75, 3.05) is 17.7 Å². The summed E-state index contributed by atoms with van der Waals surface area (Å²) >= 11 is 0. The molecule has 18 heavy (non-hydrogen) atoms. The van der Waals surface area contributed by atoms with E-state index in [0.717, 1.165) is 17.8 Å². The number of hydrogen-bond donors (Lipinski definition) is 1. The molecular weight excluding hydrogens is 227 g/mol. The van der Waals surface area contributed by atoms with E-state index in [0.29, 0.717) is 5.69 Å². The Bertz CT molecular complexity index is 535. The Kier molecular flexibility index (Phi) is 3.51. The first kappa shape index (κ1) is 12.4. The zero-order chi connectivity index (χ0) is 13.1. The second-order valence-corrected chi connectivity index (χ2v) is 4.28. The molecule has 0 spiro atoms. The number of nitrogens with zero attached hydrogens (tertiary/aromatic N) is 1. The van der Waals surface area contributed by atoms with Crippen molar-refractivity contribution in [2.24, 2.45) is 0 Å². The fourth-order valence-corrected chi connectivity index (χ4v) is 1.93. The van der Waals surface area contributed by atoms with Gasteiger partial charge in [-0.2, -0.15) is 0 Å². The van der Waals surface area contributed by atoms with E-state index in [2.05, 4.69) is 19.1 Å². The Hall–Kier alpha value is -2.03. The third-order valence-electron chi connectivity index (χ3n) is 3.08. The smallest absolute Gasteiger partial charge is 0.125 e. The lowest BCUT2D eigenvalue weighted by Gasteiger charge is -2.21. The fourth-order valence-electron chi connectivity index (χ4n) is 1.93. The molecule has 2 N–H and O–H groups in total. The molecule has 0 bridgehead atoms. The van der Waals surface area contributed by atoms with E-state index in [9.17, 15) is 4.39 Å². The Morgan fingerprint density at radius 3 is 2.33 bits per heavy atom. The quantitative estimate of drug-likeness (QED) is 0.833. The van der Waals surface area contributed by atoms with Crippen molar-refractivity contribution in [2.45, 2.75) is 13.3 Å². The summed E-state index contributed by atoms with van der Waals surface area (Å²) in [4.78, 5) is 1.95. The fraction of sp³-hybridized carbons (Fsp3) is 0.200. The van der Waals surface area contributed by atoms with Gasteiger partial charge in [-0.25, -0.2) is 4.39 Å². The molecule has 0 heterocycles. The van der Waals surface area contributed by atoms with Crippen molar-refractivity contribution in [1.82, 2.24) is 0 Å². The second-order valence-electron chi connectivity index (χ2n) is 4.28. The van der Waals surface area contributed by atoms with E-state index in [1.165, 1.54) is 17.7 Å². The van der Waals surface area contributed by atoms with E-state index in [-0.39, 0.29) is 5.82 Å². The van der Waals surface area contributed by atoms with Crippen LogP contribution in [-0.4, -0.2) is 7.05 Å². The molecule has 0 aliphatic rings. The standard InChI is InChI=1S/C15H17FN2/c1-3-11-4-7-13(8-5-11)18(2)15-9-6-12(16)10-14(15)17/h4-10H,3,17H2,1-2H3. The van der Waals surface area contributed by atoms with Crippen molar-refractivity contribution < 1.29 is 4.39 Å². The van der Waals surface area contributed by atoms with Crippen molar-refractivity contribution in [3.8, 4) is 0 Å². The summed E-state index contributed by atoms with van der Waals surface area (Å²) in [5.41, 5.74) is 9.41. The van der Waals surface area contributed by atoms with Crippen molar-refractivity contribution in [1.29, 1.82) is 0 Å². The predicted molar refractivity (Wildman–Crippen MR) is 74.7 cm³/mol. The molecule has 2 aromatic rings. The number of aryl methyl sites for hydroxylation is 1. The number of nitrogens with two attached hydrogens (primary N) is 1. The molecule has 94 valence electrons. The normalized spacial score (nSPS) is 10.4. The van der Waals surface area contributed by atoms with Crippen molar-refractivity contribution in [3.63, 3.8) is 0 Å². The van der Waals surface area contributed by atoms with Gasteiger partial charge in [0.1, 0.15) is 5.82 Å². The van der Waals surface area contributed by atoms with Crippen LogP contribution in [-0.2, 0) is 6.42 Å². The topological polar surface area (TPSA) is 29.3 Å². The van der Waals surface area contributed by atoms with Gasteiger partial charge < -0.3 is 10.6 Å². The molecule has 3 heteroatoms. The number of hydrogen-bond acceptors (Lipinski definition) is 2. The maximum atomic E-state index is 13.0. The highest BCUT2D eigenvalue weighted by Gasteiger charge is 2.08. The van der Waals surface area contributed by atoms with Crippen LogP contribution >= 0.6 is 0 Å². The third-order valence-corrected chi connectivity index (χ3v) is 3.08. The highest BCUT2D eigenvalue weighted by molar-refractivity contribution is 5.74. The summed E-state index contributed by atoms with van der Waals surface area (Å²) in [5.74, 6) is -0.314. The highest BCUT2D eigenvalue weighted by Crippen LogP contribution is 2.29. The first-order chi connectivity index (χ1) is 8.61. The third kappa shape index (κ3) is 2.45. The molecule has 2 rings (SSSR count). The molecule has 0 aromatic heterocycles. The van der Waals surface area contributed by atoms with Crippen LogP contribution in [0.1, 0.15) is 12.5 Å². The maximum absolute atomic E-state index is 13.0. The highest BCUT2D eigenvalue weighted by atomic mass is 19.1. The van der Waals surface area contributed by atoms with Crippen LogP contribution < -0.4 is 10.6 Å². The molecule has 0 aliphatic heterocycles. The molecule has 0 saturated heterocycles. The van der Waals surface area contributed by atoms with Gasteiger partial charge in [0.2, 0.25) is 0 Å². The average Bonchev–Trinajstić information content (AvgIpc) is 2.38. The summed E-state index contributed by atoms with van der Waals surface area (Å²) in [6.07, 6.45) is 1.02. The molecule has 0 atom stereocenters. The van der Waals surface area contributed by atoms with Gasteiger partial charge in [-0.3, -0.25) is 0 Å². The molecule has 2 nitrogen and oxygen atoms in total. The number of benzene rings is 2. The van der Waals surface area contributed by atoms with E-state index in [1.54, 1.807) is 6.07 Å². The van der Waals surface area contributed by atoms with Gasteiger partial charge in [-0.1, -0.05) is 19.1 Å². The second kappa shape index (κ2) is 5.08. The summed E-state index contributed by atoms with van der Waals surface area (Å²) in [7, 11) is 1.92. The van der Waals surface area contributed by atoms with Crippen LogP contribution in [0.2, 0.25) is 0 Å². The minimum Gasteiger partial charge on any atom is -0.397 e. The molecule has 2 aromatic carbocycles. The summed E-state index contributed by atoms with van der Waals surface area (Å²) < 4.78 is 13.0. The molecule has 0 radical (unpaired) electrons. The van der Waals surface area contributed by atoms with Crippen LogP contribution in [0, 0.1) is 5.82 Å². The van der Waals surface area contributed by atoms with Gasteiger partial charge in [0.05, 0.1) is 11.4 Å². The van der Waals surface area contributed by atoms with E-state index < -0.39 is 0 Å². The van der Waals surface area contributed by atoms with Gasteiger partial charge in [0, 0.05) is 12.7 Å². The van der Waals surface area contributed by atoms with E-state index in [1.807, 2.05) is 24.1 Å². The number of rotatable bonds is 3. The predicted octanol–water partition coefficient (Wildman–Crippen LogP) is 3.74. The van der Waals surface area contributed by atoms with Crippen LogP contribution in [0.25, 0.3) is 0 Å². The Morgan fingerprint density at radius 1 is 1.11 bits per heavy atom. The summed E-state index contributed by atoms with van der Waals surface area (Å²) in [6.45, 7) is 2.12. The molecule has 0 aliphatic carbocycles. The Morgan fingerprint density at radius 2 is 1.78 bits per heavy atom. The van der Waals surface area contributed by atoms with Gasteiger partial charge >= 0.3 is 0 Å². The van der Waals surface area contributed by atoms with Gasteiger partial charge in [-0.15, -0.1) is 0 Å². The van der Waals surface area contributed by atoms with E-state index in [4.69, 9.17) is 5.73 Å². The lowest BCUT2D eigenvalue weighted by Crippen LogP contribution is -2.11. The Balaban J connectivity index is 2.31. The first-order valence-electron chi connectivity index (χ1n) is 5.99. The van der Waals surface area contributed by atoms with E-state index >= 15 is 0 Å². The SMILES string of the molecule is CCc1ccc(N(C)c2ccc(F)cc2N)cc1. The van der Waals surface area contributed by atoms with Crippen LogP contribution in [0.4, 0.5) is 21.5 Å². The average molecular weight is 244 g/mol. The number of anilines is 3. The Labute approximate surface area is 107 Å². The first-order valence-corrected chi connectivity index (χ1v) is 5.99. The van der Waals surface area contributed by atoms with Crippen LogP contribution in [0.5, 0.6) is 0 Å². The van der Waals surface area contributed by atoms with Gasteiger partial charge in [0.25, 0.3) is 0 Å².